The fourth-order valence-corrected chi connectivity index (χ4v) is 3.76. The number of esters is 1. The van der Waals surface area contributed by atoms with Gasteiger partial charge in [-0.3, -0.25) is 23.9 Å². The van der Waals surface area contributed by atoms with Crippen LogP contribution in [-0.4, -0.2) is 44.1 Å². The van der Waals surface area contributed by atoms with E-state index >= 15 is 0 Å². The van der Waals surface area contributed by atoms with Gasteiger partial charge in [-0.15, -0.1) is 0 Å². The number of rotatable bonds is 8. The molecule has 1 N–H and O–H groups in total. The molecule has 0 atom stereocenters. The molecule has 11 nitrogen and oxygen atoms in total. The van der Waals surface area contributed by atoms with Crippen LogP contribution in [-0.2, 0) is 34.5 Å². The molecule has 174 valence electrons. The Morgan fingerprint density at radius 1 is 1.21 bits per heavy atom. The summed E-state index contributed by atoms with van der Waals surface area (Å²) < 4.78 is 13.7. The first-order valence-electron chi connectivity index (χ1n) is 10.8. The Balaban J connectivity index is 1.46. The number of hydrogen-bond acceptors (Lipinski definition) is 7. The van der Waals surface area contributed by atoms with Crippen LogP contribution in [0.2, 0.25) is 0 Å². The van der Waals surface area contributed by atoms with Crippen LogP contribution < -0.4 is 20.9 Å². The molecule has 33 heavy (non-hydrogen) atoms. The molecule has 1 aliphatic heterocycles. The van der Waals surface area contributed by atoms with Gasteiger partial charge in [0.05, 0.1) is 12.1 Å². The summed E-state index contributed by atoms with van der Waals surface area (Å²) in [6.07, 6.45) is 1.61. The highest BCUT2D eigenvalue weighted by atomic mass is 16.5. The van der Waals surface area contributed by atoms with Crippen LogP contribution in [0.5, 0.6) is 5.75 Å². The second kappa shape index (κ2) is 9.31. The summed E-state index contributed by atoms with van der Waals surface area (Å²) in [6, 6.07) is 7.12. The summed E-state index contributed by atoms with van der Waals surface area (Å²) in [7, 11) is 1.63. The van der Waals surface area contributed by atoms with Crippen molar-refractivity contribution in [2.24, 2.45) is 7.05 Å². The van der Waals surface area contributed by atoms with E-state index in [0.29, 0.717) is 23.8 Å². The molecule has 0 unspecified atom stereocenters. The Bertz CT molecular complexity index is 1320. The summed E-state index contributed by atoms with van der Waals surface area (Å²) >= 11 is 0. The van der Waals surface area contributed by atoms with Gasteiger partial charge in [0.1, 0.15) is 18.2 Å². The number of benzene rings is 1. The van der Waals surface area contributed by atoms with E-state index in [2.05, 4.69) is 9.97 Å². The van der Waals surface area contributed by atoms with Crippen LogP contribution in [0.4, 0.5) is 5.69 Å². The van der Waals surface area contributed by atoms with Gasteiger partial charge in [-0.2, -0.15) is 0 Å². The molecule has 0 saturated heterocycles. The van der Waals surface area contributed by atoms with Crippen LogP contribution >= 0.6 is 0 Å². The topological polar surface area (TPSA) is 129 Å². The number of hydrogen-bond donors (Lipinski definition) is 1. The minimum absolute atomic E-state index is 0.0220. The number of carbonyl (C=O) groups excluding carboxylic acids is 2. The maximum Gasteiger partial charge on any atom is 0.330 e. The van der Waals surface area contributed by atoms with Gasteiger partial charge in [0.25, 0.3) is 11.5 Å². The number of fused-ring (bicyclic) bond motifs is 2. The second-order valence-electron chi connectivity index (χ2n) is 7.74. The highest BCUT2D eigenvalue weighted by Gasteiger charge is 2.26. The van der Waals surface area contributed by atoms with E-state index in [1.807, 2.05) is 13.0 Å². The largest absolute Gasteiger partial charge is 0.482 e. The van der Waals surface area contributed by atoms with Crippen molar-refractivity contribution in [3.05, 3.63) is 50.9 Å². The number of imidazole rings is 1. The number of aryl methyl sites for hydroxylation is 2. The molecule has 11 heteroatoms. The molecular weight excluding hydrogens is 430 g/mol. The molecule has 3 aromatic rings. The number of amides is 1. The molecule has 4 rings (SSSR count). The average Bonchev–Trinajstić information content (AvgIpc) is 3.13. The lowest BCUT2D eigenvalue weighted by Gasteiger charge is -2.28. The Morgan fingerprint density at radius 3 is 2.79 bits per heavy atom. The van der Waals surface area contributed by atoms with E-state index < -0.39 is 17.2 Å². The maximum absolute atomic E-state index is 12.4. The normalized spacial score (nSPS) is 13.2. The van der Waals surface area contributed by atoms with Gasteiger partial charge >= 0.3 is 11.7 Å². The van der Waals surface area contributed by atoms with E-state index in [1.54, 1.807) is 25.2 Å². The number of aromatic amines is 1. The van der Waals surface area contributed by atoms with Gasteiger partial charge in [0, 0.05) is 20.1 Å². The zero-order chi connectivity index (χ0) is 23.5. The van der Waals surface area contributed by atoms with Gasteiger partial charge in [0.2, 0.25) is 0 Å². The zero-order valence-corrected chi connectivity index (χ0v) is 18.5. The highest BCUT2D eigenvalue weighted by molar-refractivity contribution is 5.98. The van der Waals surface area contributed by atoms with Gasteiger partial charge < -0.3 is 18.9 Å². The van der Waals surface area contributed by atoms with Crippen molar-refractivity contribution in [2.75, 3.05) is 18.1 Å². The van der Waals surface area contributed by atoms with Crippen molar-refractivity contribution < 1.29 is 19.1 Å². The third kappa shape index (κ3) is 4.38. The minimum atomic E-state index is -0.542. The third-order valence-corrected chi connectivity index (χ3v) is 5.55. The molecule has 0 saturated carbocycles. The fourth-order valence-electron chi connectivity index (χ4n) is 3.76. The van der Waals surface area contributed by atoms with Crippen molar-refractivity contribution in [2.45, 2.75) is 39.3 Å². The first kappa shape index (κ1) is 22.3. The molecular formula is C22H25N5O6. The summed E-state index contributed by atoms with van der Waals surface area (Å²) in [5.41, 5.74) is 0.0626. The lowest BCUT2D eigenvalue weighted by molar-refractivity contribution is -0.145. The van der Waals surface area contributed by atoms with E-state index in [-0.39, 0.29) is 43.3 Å². The van der Waals surface area contributed by atoms with Gasteiger partial charge in [0.15, 0.2) is 17.8 Å². The number of nitrogens with one attached hydrogen (secondary N) is 1. The van der Waals surface area contributed by atoms with Gasteiger partial charge in [-0.25, -0.2) is 9.78 Å². The van der Waals surface area contributed by atoms with E-state index in [0.717, 1.165) is 12.8 Å². The predicted molar refractivity (Wildman–Crippen MR) is 119 cm³/mol. The number of para-hydroxylation sites is 2. The van der Waals surface area contributed by atoms with Crippen molar-refractivity contribution in [3.8, 4) is 5.75 Å². The smallest absolute Gasteiger partial charge is 0.330 e. The van der Waals surface area contributed by atoms with Crippen molar-refractivity contribution in [1.82, 2.24) is 19.1 Å². The van der Waals surface area contributed by atoms with Crippen LogP contribution in [0.3, 0.4) is 0 Å². The molecule has 0 fully saturated rings. The fraction of sp³-hybridized carbons (Fsp3) is 0.409. The molecule has 1 aromatic carbocycles. The number of ether oxygens (including phenoxy) is 2. The van der Waals surface area contributed by atoms with Crippen molar-refractivity contribution in [1.29, 1.82) is 0 Å². The summed E-state index contributed by atoms with van der Waals surface area (Å²) in [6.45, 7) is 2.32. The summed E-state index contributed by atoms with van der Waals surface area (Å²) in [5.74, 6) is 0.175. The number of unbranched alkanes of at least 4 members (excludes halogenated alkanes) is 1. The number of nitrogens with zero attached hydrogens (tertiary/aromatic N) is 4. The molecule has 1 amide bonds. The lowest BCUT2D eigenvalue weighted by Crippen LogP contribution is -2.40. The first-order chi connectivity index (χ1) is 15.9. The van der Waals surface area contributed by atoms with Crippen LogP contribution in [0.25, 0.3) is 11.2 Å². The maximum atomic E-state index is 12.4. The quantitative estimate of drug-likeness (QED) is 0.503. The van der Waals surface area contributed by atoms with Crippen LogP contribution in [0.15, 0.2) is 33.9 Å². The Kier molecular flexibility index (Phi) is 6.29. The number of anilines is 1. The second-order valence-corrected chi connectivity index (χ2v) is 7.74. The number of aromatic nitrogens is 4. The standard InChI is InChI=1S/C22H25N5O6/c1-3-4-10-27-20-19(21(30)24-22(27)31)25(2)16(23-20)12-33-18(29)9-11-26-14-7-5-6-8-15(14)32-13-17(26)28/h5-8H,3-4,9-13H2,1-2H3,(H,24,30,31). The molecule has 3 heterocycles. The molecule has 0 bridgehead atoms. The van der Waals surface area contributed by atoms with Gasteiger partial charge in [-0.1, -0.05) is 25.5 Å². The number of carbonyl (C=O) groups is 2. The zero-order valence-electron chi connectivity index (χ0n) is 18.5. The summed E-state index contributed by atoms with van der Waals surface area (Å²) in [5, 5.41) is 0. The monoisotopic (exact) mass is 455 g/mol. The predicted octanol–water partition coefficient (Wildman–Crippen LogP) is 1.08. The van der Waals surface area contributed by atoms with Crippen LogP contribution in [0, 0.1) is 0 Å². The molecule has 0 aliphatic carbocycles. The van der Waals surface area contributed by atoms with E-state index in [1.165, 1.54) is 14.0 Å². The summed E-state index contributed by atoms with van der Waals surface area (Å²) in [4.78, 5) is 57.4. The minimum Gasteiger partial charge on any atom is -0.482 e. The van der Waals surface area contributed by atoms with Crippen molar-refractivity contribution >= 4 is 28.7 Å². The van der Waals surface area contributed by atoms with Gasteiger partial charge in [-0.05, 0) is 18.6 Å². The lowest BCUT2D eigenvalue weighted by atomic mass is 10.2. The van der Waals surface area contributed by atoms with E-state index in [4.69, 9.17) is 9.47 Å². The van der Waals surface area contributed by atoms with E-state index in [9.17, 15) is 19.2 Å². The van der Waals surface area contributed by atoms with Crippen LogP contribution in [0.1, 0.15) is 32.0 Å². The molecule has 0 radical (unpaired) electrons. The molecule has 2 aromatic heterocycles. The third-order valence-electron chi connectivity index (χ3n) is 5.55. The highest BCUT2D eigenvalue weighted by Crippen LogP contribution is 2.31. The Labute approximate surface area is 188 Å². The Hall–Kier alpha value is -3.89. The Morgan fingerprint density at radius 2 is 2.00 bits per heavy atom. The first-order valence-corrected chi connectivity index (χ1v) is 10.8. The SMILES string of the molecule is CCCCn1c(=O)[nH]c(=O)c2c1nc(COC(=O)CCN1C(=O)COc3ccccc31)n2C. The number of H-pyrrole nitrogens is 1. The van der Waals surface area contributed by atoms with Crippen molar-refractivity contribution in [3.63, 3.8) is 0 Å². The molecule has 0 spiro atoms. The molecule has 1 aliphatic rings. The average molecular weight is 455 g/mol.